The fraction of sp³-hybridized carbons (Fsp3) is 0.0714. The zero-order valence-electron chi connectivity index (χ0n) is 10.00. The lowest BCUT2D eigenvalue weighted by molar-refractivity contribution is 0.282. The molecule has 5 heteroatoms. The summed E-state index contributed by atoms with van der Waals surface area (Å²) in [5.41, 5.74) is 1.81. The minimum Gasteiger partial charge on any atom is -0.508 e. The van der Waals surface area contributed by atoms with E-state index in [4.69, 9.17) is 12.2 Å². The molecule has 19 heavy (non-hydrogen) atoms. The number of phenolic OH excluding ortho intramolecular Hbond substituents is 2. The Hall–Kier alpha value is -2.11. The lowest BCUT2D eigenvalue weighted by Crippen LogP contribution is -2.12. The number of rotatable bonds is 3. The van der Waals surface area contributed by atoms with Gasteiger partial charge in [0.2, 0.25) is 0 Å². The summed E-state index contributed by atoms with van der Waals surface area (Å²) in [6.45, 7) is -0.104. The fourth-order valence-electron chi connectivity index (χ4n) is 1.68. The van der Waals surface area contributed by atoms with Gasteiger partial charge in [0.05, 0.1) is 12.2 Å². The van der Waals surface area contributed by atoms with E-state index < -0.39 is 0 Å². The third-order valence-corrected chi connectivity index (χ3v) is 2.98. The molecule has 0 aromatic heterocycles. The van der Waals surface area contributed by atoms with Gasteiger partial charge >= 0.3 is 0 Å². The molecule has 2 rings (SSSR count). The van der Waals surface area contributed by atoms with Crippen molar-refractivity contribution in [3.8, 4) is 11.5 Å². The second-order valence-electron chi connectivity index (χ2n) is 3.97. The molecule has 0 saturated heterocycles. The number of aliphatic hydroxyl groups is 1. The van der Waals surface area contributed by atoms with Gasteiger partial charge in [0.15, 0.2) is 0 Å². The van der Waals surface area contributed by atoms with E-state index >= 15 is 0 Å². The second kappa shape index (κ2) is 5.69. The van der Waals surface area contributed by atoms with Crippen molar-refractivity contribution in [1.82, 2.24) is 0 Å². The van der Waals surface area contributed by atoms with Gasteiger partial charge in [0, 0.05) is 17.3 Å². The summed E-state index contributed by atoms with van der Waals surface area (Å²) < 4.78 is 0. The Bertz CT molecular complexity index is 613. The van der Waals surface area contributed by atoms with Gasteiger partial charge in [-0.15, -0.1) is 0 Å². The highest BCUT2D eigenvalue weighted by Crippen LogP contribution is 2.24. The molecule has 0 bridgehead atoms. The largest absolute Gasteiger partial charge is 0.508 e. The van der Waals surface area contributed by atoms with Gasteiger partial charge in [0.25, 0.3) is 0 Å². The molecule has 0 saturated carbocycles. The van der Waals surface area contributed by atoms with Gasteiger partial charge in [-0.1, -0.05) is 30.4 Å². The number of benzene rings is 2. The van der Waals surface area contributed by atoms with Gasteiger partial charge in [-0.2, -0.15) is 0 Å². The lowest BCUT2D eigenvalue weighted by atomic mass is 10.1. The quantitative estimate of drug-likeness (QED) is 0.647. The molecule has 0 fully saturated rings. The third kappa shape index (κ3) is 3.01. The molecule has 2 aromatic carbocycles. The summed E-state index contributed by atoms with van der Waals surface area (Å²) in [7, 11) is 0. The van der Waals surface area contributed by atoms with Crippen molar-refractivity contribution in [3.63, 3.8) is 0 Å². The highest BCUT2D eigenvalue weighted by atomic mass is 32.1. The molecule has 0 aliphatic heterocycles. The number of aromatic hydroxyl groups is 2. The maximum Gasteiger partial charge on any atom is 0.129 e. The zero-order chi connectivity index (χ0) is 13.8. The van der Waals surface area contributed by atoms with E-state index in [1.165, 1.54) is 18.2 Å². The summed E-state index contributed by atoms with van der Waals surface area (Å²) in [6.07, 6.45) is 0. The maximum atomic E-state index is 9.73. The van der Waals surface area contributed by atoms with Crippen molar-refractivity contribution in [3.05, 3.63) is 53.6 Å². The van der Waals surface area contributed by atoms with Crippen LogP contribution in [0.4, 0.5) is 5.69 Å². The number of anilines is 1. The number of hydrogen-bond donors (Lipinski definition) is 4. The van der Waals surface area contributed by atoms with Crippen LogP contribution >= 0.6 is 12.2 Å². The summed E-state index contributed by atoms with van der Waals surface area (Å²) in [6, 6.07) is 11.4. The second-order valence-corrected chi connectivity index (χ2v) is 4.38. The van der Waals surface area contributed by atoms with Crippen LogP contribution in [0.25, 0.3) is 0 Å². The van der Waals surface area contributed by atoms with Crippen LogP contribution in [0.2, 0.25) is 0 Å². The van der Waals surface area contributed by atoms with Gasteiger partial charge in [-0.25, -0.2) is 0 Å². The smallest absolute Gasteiger partial charge is 0.129 e. The molecule has 2 aromatic rings. The van der Waals surface area contributed by atoms with E-state index in [1.54, 1.807) is 12.1 Å². The maximum absolute atomic E-state index is 9.73. The highest BCUT2D eigenvalue weighted by Gasteiger charge is 2.09. The molecule has 0 spiro atoms. The van der Waals surface area contributed by atoms with Crippen LogP contribution in [0, 0.1) is 0 Å². The summed E-state index contributed by atoms with van der Waals surface area (Å²) in [5, 5.41) is 31.2. The Morgan fingerprint density at radius 1 is 1.11 bits per heavy atom. The standard InChI is InChI=1S/C14H13NO3S/c16-8-9-3-1-2-4-12(9)15-14(19)11-6-5-10(17)7-13(11)18/h1-7,16-18H,8H2,(H,15,19). The van der Waals surface area contributed by atoms with E-state index in [0.29, 0.717) is 21.8 Å². The summed E-state index contributed by atoms with van der Waals surface area (Å²) in [5.74, 6) is -0.126. The normalized spacial score (nSPS) is 10.2. The molecule has 98 valence electrons. The first-order chi connectivity index (χ1) is 9.11. The molecular formula is C14H13NO3S. The molecule has 0 aliphatic rings. The lowest BCUT2D eigenvalue weighted by Gasteiger charge is -2.12. The van der Waals surface area contributed by atoms with Crippen molar-refractivity contribution >= 4 is 22.9 Å². The number of hydrogen-bond acceptors (Lipinski definition) is 4. The van der Waals surface area contributed by atoms with Crippen LogP contribution in [0.1, 0.15) is 11.1 Å². The third-order valence-electron chi connectivity index (χ3n) is 2.66. The number of nitrogens with one attached hydrogen (secondary N) is 1. The Morgan fingerprint density at radius 2 is 1.84 bits per heavy atom. The van der Waals surface area contributed by atoms with Gasteiger partial charge < -0.3 is 20.6 Å². The van der Waals surface area contributed by atoms with E-state index in [9.17, 15) is 15.3 Å². The zero-order valence-corrected chi connectivity index (χ0v) is 10.8. The van der Waals surface area contributed by atoms with Crippen LogP contribution in [0.5, 0.6) is 11.5 Å². The molecule has 0 heterocycles. The van der Waals surface area contributed by atoms with Crippen LogP contribution < -0.4 is 5.32 Å². The van der Waals surface area contributed by atoms with Crippen molar-refractivity contribution in [2.45, 2.75) is 6.61 Å². The van der Waals surface area contributed by atoms with Gasteiger partial charge in [-0.05, 0) is 18.2 Å². The molecule has 0 radical (unpaired) electrons. The topological polar surface area (TPSA) is 72.7 Å². The number of aliphatic hydroxyl groups excluding tert-OH is 1. The van der Waals surface area contributed by atoms with Crippen molar-refractivity contribution in [2.75, 3.05) is 5.32 Å². The van der Waals surface area contributed by atoms with E-state index in [2.05, 4.69) is 5.32 Å². The number of thiocarbonyl (C=S) groups is 1. The average Bonchev–Trinajstić information content (AvgIpc) is 2.39. The highest BCUT2D eigenvalue weighted by molar-refractivity contribution is 7.81. The molecule has 4 nitrogen and oxygen atoms in total. The van der Waals surface area contributed by atoms with Gasteiger partial charge in [-0.3, -0.25) is 0 Å². The van der Waals surface area contributed by atoms with E-state index in [-0.39, 0.29) is 18.1 Å². The fourth-order valence-corrected chi connectivity index (χ4v) is 1.96. The SMILES string of the molecule is OCc1ccccc1NC(=S)c1ccc(O)cc1O. The molecule has 0 atom stereocenters. The predicted molar refractivity (Wildman–Crippen MR) is 77.5 cm³/mol. The van der Waals surface area contributed by atoms with Crippen LogP contribution in [0.15, 0.2) is 42.5 Å². The summed E-state index contributed by atoms with van der Waals surface area (Å²) >= 11 is 5.21. The Kier molecular flexibility index (Phi) is 3.99. The van der Waals surface area contributed by atoms with Gasteiger partial charge in [0.1, 0.15) is 16.5 Å². The van der Waals surface area contributed by atoms with Crippen LogP contribution in [-0.4, -0.2) is 20.3 Å². The minimum atomic E-state index is -0.104. The molecule has 0 unspecified atom stereocenters. The predicted octanol–water partition coefficient (Wildman–Crippen LogP) is 2.38. The Balaban J connectivity index is 2.26. The van der Waals surface area contributed by atoms with Crippen molar-refractivity contribution in [2.24, 2.45) is 0 Å². The Morgan fingerprint density at radius 3 is 2.53 bits per heavy atom. The number of phenols is 2. The van der Waals surface area contributed by atoms with E-state index in [1.807, 2.05) is 12.1 Å². The van der Waals surface area contributed by atoms with Crippen LogP contribution in [-0.2, 0) is 6.61 Å². The van der Waals surface area contributed by atoms with Crippen LogP contribution in [0.3, 0.4) is 0 Å². The number of para-hydroxylation sites is 1. The van der Waals surface area contributed by atoms with E-state index in [0.717, 1.165) is 0 Å². The van der Waals surface area contributed by atoms with Crippen molar-refractivity contribution < 1.29 is 15.3 Å². The summed E-state index contributed by atoms with van der Waals surface area (Å²) in [4.78, 5) is 0.318. The molecular weight excluding hydrogens is 262 g/mol. The first kappa shape index (κ1) is 13.3. The molecule has 0 aliphatic carbocycles. The minimum absolute atomic E-state index is 0.0280. The van der Waals surface area contributed by atoms with Crippen molar-refractivity contribution in [1.29, 1.82) is 0 Å². The Labute approximate surface area is 116 Å². The molecule has 4 N–H and O–H groups in total. The average molecular weight is 275 g/mol. The monoisotopic (exact) mass is 275 g/mol. The first-order valence-electron chi connectivity index (χ1n) is 5.64. The first-order valence-corrected chi connectivity index (χ1v) is 6.04. The molecule has 0 amide bonds.